The summed E-state index contributed by atoms with van der Waals surface area (Å²) in [4.78, 5) is 5.33. The van der Waals surface area contributed by atoms with Crippen molar-refractivity contribution in [1.29, 1.82) is 0 Å². The predicted molar refractivity (Wildman–Crippen MR) is 163 cm³/mol. The van der Waals surface area contributed by atoms with Crippen LogP contribution in [0.1, 0.15) is 49.3 Å². The molecule has 0 saturated carbocycles. The lowest BCUT2D eigenvalue weighted by Gasteiger charge is -2.20. The summed E-state index contributed by atoms with van der Waals surface area (Å²) in [6.07, 6.45) is -8.98. The molecule has 0 N–H and O–H groups in total. The Bertz CT molecular complexity index is 1870. The lowest BCUT2D eigenvalue weighted by molar-refractivity contribution is -0.360. The van der Waals surface area contributed by atoms with Crippen molar-refractivity contribution in [1.82, 2.24) is 19.3 Å². The molecule has 0 atom stereocenters. The summed E-state index contributed by atoms with van der Waals surface area (Å²) in [7, 11) is 0. The summed E-state index contributed by atoms with van der Waals surface area (Å²) in [5.41, 5.74) is 5.33. The molecule has 2 aromatic heterocycles. The van der Waals surface area contributed by atoms with Gasteiger partial charge in [0.25, 0.3) is 0 Å². The maximum Gasteiger partial charge on any atom is 0.499 e. The smallest absolute Gasteiger partial charge is 0.426 e. The SMILES string of the molecule is CCc1nc(-c2ccc(C=NN=c3scc(C)n3-c3ccccc3C(C)C)cc2)nn1-c1ccc(OC(F)(F)C(F)(F)F)cc1. The first-order chi connectivity index (χ1) is 21.4. The Hall–Kier alpha value is -4.65. The van der Waals surface area contributed by atoms with E-state index in [1.807, 2.05) is 55.6 Å². The Morgan fingerprint density at radius 1 is 0.956 bits per heavy atom. The molecule has 0 amide bonds. The number of nitrogens with zero attached hydrogens (tertiary/aromatic N) is 6. The van der Waals surface area contributed by atoms with Crippen LogP contribution in [0, 0.1) is 6.92 Å². The van der Waals surface area contributed by atoms with Crippen LogP contribution in [0.3, 0.4) is 0 Å². The number of para-hydroxylation sites is 1. The highest BCUT2D eigenvalue weighted by molar-refractivity contribution is 7.07. The van der Waals surface area contributed by atoms with E-state index in [2.05, 4.69) is 55.6 Å². The summed E-state index contributed by atoms with van der Waals surface area (Å²) >= 11 is 1.51. The molecule has 13 heteroatoms. The normalized spacial score (nSPS) is 12.9. The minimum Gasteiger partial charge on any atom is -0.426 e. The zero-order valence-electron chi connectivity index (χ0n) is 24.8. The van der Waals surface area contributed by atoms with Gasteiger partial charge >= 0.3 is 12.3 Å². The average molecular weight is 641 g/mol. The average Bonchev–Trinajstić information content (AvgIpc) is 3.60. The van der Waals surface area contributed by atoms with E-state index >= 15 is 0 Å². The van der Waals surface area contributed by atoms with Gasteiger partial charge in [-0.3, -0.25) is 4.57 Å². The van der Waals surface area contributed by atoms with Crippen molar-refractivity contribution in [3.8, 4) is 28.5 Å². The molecule has 3 aromatic carbocycles. The first-order valence-corrected chi connectivity index (χ1v) is 14.9. The molecule has 0 aliphatic rings. The third kappa shape index (κ3) is 6.88. The van der Waals surface area contributed by atoms with E-state index in [0.29, 0.717) is 29.7 Å². The molecule has 2 heterocycles. The van der Waals surface area contributed by atoms with Crippen LogP contribution >= 0.6 is 11.3 Å². The first kappa shape index (κ1) is 31.8. The Morgan fingerprint density at radius 2 is 1.64 bits per heavy atom. The van der Waals surface area contributed by atoms with Gasteiger partial charge in [-0.25, -0.2) is 9.67 Å². The quantitative estimate of drug-likeness (QED) is 0.0926. The van der Waals surface area contributed by atoms with Crippen molar-refractivity contribution < 1.29 is 26.7 Å². The number of halogens is 5. The molecule has 5 rings (SSSR count). The summed E-state index contributed by atoms with van der Waals surface area (Å²) in [5.74, 6) is 0.706. The third-order valence-electron chi connectivity index (χ3n) is 6.85. The van der Waals surface area contributed by atoms with Crippen LogP contribution in [-0.2, 0) is 6.42 Å². The van der Waals surface area contributed by atoms with Gasteiger partial charge in [0.2, 0.25) is 4.80 Å². The molecule has 0 spiro atoms. The van der Waals surface area contributed by atoms with Crippen molar-refractivity contribution in [3.63, 3.8) is 0 Å². The number of hydrogen-bond donors (Lipinski definition) is 0. The van der Waals surface area contributed by atoms with Gasteiger partial charge in [0.15, 0.2) is 5.82 Å². The second kappa shape index (κ2) is 12.8. The molecular weight excluding hydrogens is 611 g/mol. The molecule has 0 aliphatic carbocycles. The molecule has 0 bridgehead atoms. The van der Waals surface area contributed by atoms with E-state index in [0.717, 1.165) is 39.4 Å². The Morgan fingerprint density at radius 3 is 2.29 bits per heavy atom. The van der Waals surface area contributed by atoms with Crippen LogP contribution in [0.15, 0.2) is 88.4 Å². The molecule has 5 aromatic rings. The van der Waals surface area contributed by atoms with Crippen molar-refractivity contribution >= 4 is 17.6 Å². The zero-order valence-corrected chi connectivity index (χ0v) is 25.6. The predicted octanol–water partition coefficient (Wildman–Crippen LogP) is 8.25. The fourth-order valence-corrected chi connectivity index (χ4v) is 5.39. The zero-order chi connectivity index (χ0) is 32.4. The van der Waals surface area contributed by atoms with E-state index in [4.69, 9.17) is 0 Å². The van der Waals surface area contributed by atoms with E-state index < -0.39 is 18.0 Å². The molecule has 45 heavy (non-hydrogen) atoms. The van der Waals surface area contributed by atoms with Crippen LogP contribution in [0.25, 0.3) is 22.8 Å². The lowest BCUT2D eigenvalue weighted by atomic mass is 10.0. The fourth-order valence-electron chi connectivity index (χ4n) is 4.56. The Kier molecular flexibility index (Phi) is 9.01. The van der Waals surface area contributed by atoms with E-state index in [9.17, 15) is 22.0 Å². The van der Waals surface area contributed by atoms with Crippen LogP contribution in [0.4, 0.5) is 22.0 Å². The minimum atomic E-state index is -5.83. The maximum absolute atomic E-state index is 13.3. The molecule has 0 unspecified atom stereocenters. The van der Waals surface area contributed by atoms with Crippen molar-refractivity contribution in [2.45, 2.75) is 52.3 Å². The summed E-state index contributed by atoms with van der Waals surface area (Å²) in [6.45, 7) is 8.23. The van der Waals surface area contributed by atoms with Crippen LogP contribution < -0.4 is 9.54 Å². The van der Waals surface area contributed by atoms with Gasteiger partial charge in [-0.05, 0) is 54.3 Å². The second-order valence-electron chi connectivity index (χ2n) is 10.4. The molecule has 0 saturated heterocycles. The van der Waals surface area contributed by atoms with Gasteiger partial charge < -0.3 is 4.74 Å². The van der Waals surface area contributed by atoms with Crippen LogP contribution in [0.2, 0.25) is 0 Å². The fraction of sp³-hybridized carbons (Fsp3) is 0.250. The molecule has 0 fully saturated rings. The molecular formula is C32H29F5N6OS. The lowest BCUT2D eigenvalue weighted by Crippen LogP contribution is -2.41. The van der Waals surface area contributed by atoms with Gasteiger partial charge in [0, 0.05) is 23.1 Å². The van der Waals surface area contributed by atoms with Crippen LogP contribution in [-0.4, -0.2) is 37.8 Å². The number of alkyl halides is 5. The van der Waals surface area contributed by atoms with Gasteiger partial charge in [-0.15, -0.1) is 21.5 Å². The summed E-state index contributed by atoms with van der Waals surface area (Å²) in [6, 6.07) is 20.4. The van der Waals surface area contributed by atoms with Gasteiger partial charge in [-0.1, -0.05) is 63.2 Å². The monoisotopic (exact) mass is 640 g/mol. The van der Waals surface area contributed by atoms with E-state index in [-0.39, 0.29) is 0 Å². The molecule has 0 aliphatic heterocycles. The number of ether oxygens (including phenoxy) is 1. The first-order valence-electron chi connectivity index (χ1n) is 14.0. The maximum atomic E-state index is 13.3. The number of aryl methyl sites for hydroxylation is 2. The number of hydrogen-bond acceptors (Lipinski definition) is 6. The minimum absolute atomic E-state index is 0.347. The standard InChI is InChI=1S/C32H29F5N6OS/c1-5-28-39-29(41-43(28)24-14-16-25(17-15-24)44-32(36,37)31(33,34)35)23-12-10-22(11-13-23)18-38-40-30-42(21(4)19-45-30)27-9-7-6-8-26(27)20(2)3/h6-20H,5H2,1-4H3. The summed E-state index contributed by atoms with van der Waals surface area (Å²) < 4.78 is 71.4. The number of rotatable bonds is 9. The van der Waals surface area contributed by atoms with Crippen molar-refractivity contribution in [3.05, 3.63) is 106 Å². The van der Waals surface area contributed by atoms with Gasteiger partial charge in [-0.2, -0.15) is 27.1 Å². The number of aromatic nitrogens is 4. The van der Waals surface area contributed by atoms with E-state index in [1.165, 1.54) is 33.7 Å². The third-order valence-corrected chi connectivity index (χ3v) is 7.78. The van der Waals surface area contributed by atoms with Crippen LogP contribution in [0.5, 0.6) is 5.75 Å². The van der Waals surface area contributed by atoms with Crippen molar-refractivity contribution in [2.75, 3.05) is 0 Å². The largest absolute Gasteiger partial charge is 0.499 e. The Balaban J connectivity index is 1.34. The second-order valence-corrected chi connectivity index (χ2v) is 11.2. The van der Waals surface area contributed by atoms with Crippen molar-refractivity contribution in [2.24, 2.45) is 10.2 Å². The Labute approximate surface area is 260 Å². The van der Waals surface area contributed by atoms with Gasteiger partial charge in [0.1, 0.15) is 11.6 Å². The van der Waals surface area contributed by atoms with Gasteiger partial charge in [0.05, 0.1) is 17.6 Å². The highest BCUT2D eigenvalue weighted by Gasteiger charge is 2.61. The molecule has 0 radical (unpaired) electrons. The highest BCUT2D eigenvalue weighted by Crippen LogP contribution is 2.37. The molecule has 234 valence electrons. The topological polar surface area (TPSA) is 69.6 Å². The number of thiazole rings is 1. The van der Waals surface area contributed by atoms with E-state index in [1.54, 1.807) is 6.21 Å². The highest BCUT2D eigenvalue weighted by atomic mass is 32.1. The summed E-state index contributed by atoms with van der Waals surface area (Å²) in [5, 5.41) is 15.4. The number of benzene rings is 3. The molecule has 7 nitrogen and oxygen atoms in total.